The van der Waals surface area contributed by atoms with Crippen molar-refractivity contribution in [3.8, 4) is 11.4 Å². The van der Waals surface area contributed by atoms with E-state index in [0.717, 1.165) is 22.6 Å². The molecular weight excluding hydrogens is 276 g/mol. The number of aromatic nitrogens is 2. The standard InChI is InChI=1S/C18H18N2O2/c1-12-6-7-14(11-13(12)2)18-19-15(8-9-17(21)22)16-5-3-4-10-20(16)18/h3-7,10-11H,8-9H2,1-2H3,(H,21,22). The van der Waals surface area contributed by atoms with E-state index in [4.69, 9.17) is 10.1 Å². The van der Waals surface area contributed by atoms with Crippen LogP contribution in [-0.2, 0) is 11.2 Å². The van der Waals surface area contributed by atoms with E-state index in [-0.39, 0.29) is 6.42 Å². The second-order valence-corrected chi connectivity index (χ2v) is 5.53. The highest BCUT2D eigenvalue weighted by Gasteiger charge is 2.13. The molecule has 2 aromatic heterocycles. The second-order valence-electron chi connectivity index (χ2n) is 5.53. The average molecular weight is 294 g/mol. The van der Waals surface area contributed by atoms with Crippen LogP contribution < -0.4 is 0 Å². The Morgan fingerprint density at radius 3 is 2.73 bits per heavy atom. The van der Waals surface area contributed by atoms with Gasteiger partial charge in [-0.25, -0.2) is 4.98 Å². The van der Waals surface area contributed by atoms with Crippen LogP contribution in [0.4, 0.5) is 0 Å². The number of pyridine rings is 1. The molecule has 0 aliphatic rings. The lowest BCUT2D eigenvalue weighted by atomic mass is 10.1. The van der Waals surface area contributed by atoms with Crippen LogP contribution in [0, 0.1) is 13.8 Å². The van der Waals surface area contributed by atoms with Crippen molar-refractivity contribution in [2.45, 2.75) is 26.7 Å². The number of hydrogen-bond acceptors (Lipinski definition) is 2. The molecule has 0 radical (unpaired) electrons. The maximum atomic E-state index is 10.8. The quantitative estimate of drug-likeness (QED) is 0.799. The molecule has 0 bridgehead atoms. The molecule has 0 unspecified atom stereocenters. The van der Waals surface area contributed by atoms with Crippen LogP contribution in [-0.4, -0.2) is 20.5 Å². The van der Waals surface area contributed by atoms with Crippen molar-refractivity contribution < 1.29 is 9.90 Å². The fraction of sp³-hybridized carbons (Fsp3) is 0.222. The van der Waals surface area contributed by atoms with Gasteiger partial charge in [-0.2, -0.15) is 0 Å². The summed E-state index contributed by atoms with van der Waals surface area (Å²) in [6.07, 6.45) is 2.50. The topological polar surface area (TPSA) is 54.6 Å². The lowest BCUT2D eigenvalue weighted by molar-refractivity contribution is -0.136. The van der Waals surface area contributed by atoms with Gasteiger partial charge in [0.1, 0.15) is 5.82 Å². The zero-order valence-electron chi connectivity index (χ0n) is 12.7. The normalized spacial score (nSPS) is 11.0. The van der Waals surface area contributed by atoms with Gasteiger partial charge in [0, 0.05) is 18.2 Å². The molecule has 1 N–H and O–H groups in total. The molecule has 0 spiro atoms. The number of carboxylic acid groups (broad SMARTS) is 1. The lowest BCUT2D eigenvalue weighted by Gasteiger charge is -2.04. The van der Waals surface area contributed by atoms with Crippen molar-refractivity contribution in [1.29, 1.82) is 0 Å². The van der Waals surface area contributed by atoms with Gasteiger partial charge in [0.25, 0.3) is 0 Å². The fourth-order valence-electron chi connectivity index (χ4n) is 2.60. The van der Waals surface area contributed by atoms with Gasteiger partial charge >= 0.3 is 5.97 Å². The van der Waals surface area contributed by atoms with Crippen LogP contribution >= 0.6 is 0 Å². The van der Waals surface area contributed by atoms with Gasteiger partial charge in [0.15, 0.2) is 0 Å². The Kier molecular flexibility index (Phi) is 3.67. The number of carboxylic acids is 1. The summed E-state index contributed by atoms with van der Waals surface area (Å²) in [5, 5.41) is 8.90. The Hall–Kier alpha value is -2.62. The Bertz CT molecular complexity index is 849. The third kappa shape index (κ3) is 2.60. The zero-order valence-corrected chi connectivity index (χ0v) is 12.7. The second kappa shape index (κ2) is 5.64. The van der Waals surface area contributed by atoms with Gasteiger partial charge in [-0.1, -0.05) is 18.2 Å². The minimum atomic E-state index is -0.801. The first-order valence-corrected chi connectivity index (χ1v) is 7.31. The minimum absolute atomic E-state index is 0.0912. The summed E-state index contributed by atoms with van der Waals surface area (Å²) in [6, 6.07) is 12.2. The predicted molar refractivity (Wildman–Crippen MR) is 86.1 cm³/mol. The molecule has 3 aromatic rings. The highest BCUT2D eigenvalue weighted by molar-refractivity contribution is 5.70. The van der Waals surface area contributed by atoms with Gasteiger partial charge in [0.2, 0.25) is 0 Å². The number of aryl methyl sites for hydroxylation is 3. The van der Waals surface area contributed by atoms with E-state index in [0.29, 0.717) is 6.42 Å². The van der Waals surface area contributed by atoms with Crippen molar-refractivity contribution in [2.75, 3.05) is 0 Å². The van der Waals surface area contributed by atoms with E-state index in [1.165, 1.54) is 11.1 Å². The van der Waals surface area contributed by atoms with Crippen molar-refractivity contribution in [3.63, 3.8) is 0 Å². The van der Waals surface area contributed by atoms with E-state index >= 15 is 0 Å². The third-order valence-corrected chi connectivity index (χ3v) is 3.97. The van der Waals surface area contributed by atoms with Crippen molar-refractivity contribution >= 4 is 11.5 Å². The van der Waals surface area contributed by atoms with Crippen molar-refractivity contribution in [1.82, 2.24) is 9.38 Å². The zero-order chi connectivity index (χ0) is 15.7. The van der Waals surface area contributed by atoms with E-state index < -0.39 is 5.97 Å². The van der Waals surface area contributed by atoms with Gasteiger partial charge < -0.3 is 5.11 Å². The highest BCUT2D eigenvalue weighted by Crippen LogP contribution is 2.25. The number of aliphatic carboxylic acids is 1. The van der Waals surface area contributed by atoms with Gasteiger partial charge in [-0.3, -0.25) is 9.20 Å². The van der Waals surface area contributed by atoms with E-state index in [2.05, 4.69) is 32.0 Å². The third-order valence-electron chi connectivity index (χ3n) is 3.97. The summed E-state index contributed by atoms with van der Waals surface area (Å²) in [5.41, 5.74) is 5.31. The Labute approximate surface area is 129 Å². The average Bonchev–Trinajstić information content (AvgIpc) is 2.87. The summed E-state index contributed by atoms with van der Waals surface area (Å²) in [7, 11) is 0. The number of nitrogens with zero attached hydrogens (tertiary/aromatic N) is 2. The maximum Gasteiger partial charge on any atom is 0.303 e. The number of hydrogen-bond donors (Lipinski definition) is 1. The van der Waals surface area contributed by atoms with Gasteiger partial charge in [-0.15, -0.1) is 0 Å². The Morgan fingerprint density at radius 2 is 2.00 bits per heavy atom. The highest BCUT2D eigenvalue weighted by atomic mass is 16.4. The van der Waals surface area contributed by atoms with Crippen LogP contribution in [0.1, 0.15) is 23.2 Å². The number of fused-ring (bicyclic) bond motifs is 1. The molecule has 22 heavy (non-hydrogen) atoms. The molecule has 0 amide bonds. The van der Waals surface area contributed by atoms with Crippen LogP contribution in [0.3, 0.4) is 0 Å². The Morgan fingerprint density at radius 1 is 1.18 bits per heavy atom. The van der Waals surface area contributed by atoms with Crippen LogP contribution in [0.2, 0.25) is 0 Å². The molecule has 0 atom stereocenters. The monoisotopic (exact) mass is 294 g/mol. The number of rotatable bonds is 4. The molecule has 112 valence electrons. The summed E-state index contributed by atoms with van der Waals surface area (Å²) < 4.78 is 2.03. The molecule has 0 fully saturated rings. The summed E-state index contributed by atoms with van der Waals surface area (Å²) in [5.74, 6) is 0.0592. The van der Waals surface area contributed by atoms with Crippen molar-refractivity contribution in [3.05, 3.63) is 59.4 Å². The van der Waals surface area contributed by atoms with Crippen LogP contribution in [0.25, 0.3) is 16.9 Å². The minimum Gasteiger partial charge on any atom is -0.481 e. The first-order valence-electron chi connectivity index (χ1n) is 7.31. The van der Waals surface area contributed by atoms with Crippen LogP contribution in [0.5, 0.6) is 0 Å². The first-order chi connectivity index (χ1) is 10.6. The number of benzene rings is 1. The number of carbonyl (C=O) groups is 1. The number of imidazole rings is 1. The summed E-state index contributed by atoms with van der Waals surface area (Å²) in [6.45, 7) is 4.17. The summed E-state index contributed by atoms with van der Waals surface area (Å²) >= 11 is 0. The molecule has 0 aliphatic heterocycles. The molecule has 4 nitrogen and oxygen atoms in total. The fourth-order valence-corrected chi connectivity index (χ4v) is 2.60. The van der Waals surface area contributed by atoms with Gasteiger partial charge in [0.05, 0.1) is 17.6 Å². The lowest BCUT2D eigenvalue weighted by Crippen LogP contribution is -1.98. The molecule has 0 saturated carbocycles. The van der Waals surface area contributed by atoms with E-state index in [1.54, 1.807) is 0 Å². The molecule has 0 saturated heterocycles. The van der Waals surface area contributed by atoms with Crippen molar-refractivity contribution in [2.24, 2.45) is 0 Å². The smallest absolute Gasteiger partial charge is 0.303 e. The molecule has 2 heterocycles. The van der Waals surface area contributed by atoms with E-state index in [9.17, 15) is 4.79 Å². The molecule has 0 aliphatic carbocycles. The molecule has 1 aromatic carbocycles. The molecular formula is C18H18N2O2. The largest absolute Gasteiger partial charge is 0.481 e. The first kappa shape index (κ1) is 14.3. The van der Waals surface area contributed by atoms with Gasteiger partial charge in [-0.05, 0) is 43.2 Å². The van der Waals surface area contributed by atoms with E-state index in [1.807, 2.05) is 28.8 Å². The van der Waals surface area contributed by atoms with Crippen LogP contribution in [0.15, 0.2) is 42.6 Å². The predicted octanol–water partition coefficient (Wildman–Crippen LogP) is 3.64. The Balaban J connectivity index is 2.13. The SMILES string of the molecule is Cc1ccc(-c2nc(CCC(=O)O)c3ccccn23)cc1C. The molecule has 4 heteroatoms. The molecule has 3 rings (SSSR count). The maximum absolute atomic E-state index is 10.8. The summed E-state index contributed by atoms with van der Waals surface area (Å²) in [4.78, 5) is 15.5.